The SMILES string of the molecule is Cc1cc(C(=O)Nc2ccc(F)c(F)c2)nc(Nc2ccccc2C(C)(C)C)n1. The first-order chi connectivity index (χ1) is 13.6. The van der Waals surface area contributed by atoms with Gasteiger partial charge in [0.25, 0.3) is 5.91 Å². The fraction of sp³-hybridized carbons (Fsp3) is 0.227. The van der Waals surface area contributed by atoms with E-state index >= 15 is 0 Å². The Morgan fingerprint density at radius 1 is 0.966 bits per heavy atom. The van der Waals surface area contributed by atoms with Gasteiger partial charge in [0, 0.05) is 23.1 Å². The molecule has 0 radical (unpaired) electrons. The summed E-state index contributed by atoms with van der Waals surface area (Å²) in [5, 5.41) is 5.70. The average molecular weight is 396 g/mol. The van der Waals surface area contributed by atoms with E-state index in [1.165, 1.54) is 12.1 Å². The molecule has 29 heavy (non-hydrogen) atoms. The van der Waals surface area contributed by atoms with Gasteiger partial charge in [0.05, 0.1) is 0 Å². The van der Waals surface area contributed by atoms with Crippen molar-refractivity contribution in [2.75, 3.05) is 10.6 Å². The van der Waals surface area contributed by atoms with Crippen LogP contribution in [0.1, 0.15) is 42.5 Å². The van der Waals surface area contributed by atoms with Crippen LogP contribution in [0.25, 0.3) is 0 Å². The van der Waals surface area contributed by atoms with Gasteiger partial charge < -0.3 is 10.6 Å². The Morgan fingerprint density at radius 2 is 1.69 bits per heavy atom. The Labute approximate surface area is 168 Å². The number of rotatable bonds is 4. The summed E-state index contributed by atoms with van der Waals surface area (Å²) in [6.07, 6.45) is 0. The summed E-state index contributed by atoms with van der Waals surface area (Å²) in [6, 6.07) is 12.5. The molecule has 0 bridgehead atoms. The van der Waals surface area contributed by atoms with E-state index in [-0.39, 0.29) is 22.7 Å². The molecule has 0 atom stereocenters. The zero-order valence-corrected chi connectivity index (χ0v) is 16.7. The molecule has 3 aromatic rings. The monoisotopic (exact) mass is 396 g/mol. The molecule has 7 heteroatoms. The quantitative estimate of drug-likeness (QED) is 0.623. The molecular weight excluding hydrogens is 374 g/mol. The number of anilines is 3. The molecule has 0 aliphatic rings. The lowest BCUT2D eigenvalue weighted by Crippen LogP contribution is -2.17. The Balaban J connectivity index is 1.87. The standard InChI is InChI=1S/C22H22F2N4O/c1-13-11-19(20(29)26-14-9-10-16(23)17(24)12-14)28-21(25-13)27-18-8-6-5-7-15(18)22(2,3)4/h5-12H,1-4H3,(H,26,29)(H,25,27,28). The predicted molar refractivity (Wildman–Crippen MR) is 110 cm³/mol. The van der Waals surface area contributed by atoms with Gasteiger partial charge in [-0.1, -0.05) is 39.0 Å². The van der Waals surface area contributed by atoms with Crippen molar-refractivity contribution in [1.82, 2.24) is 9.97 Å². The minimum Gasteiger partial charge on any atom is -0.324 e. The minimum atomic E-state index is -1.04. The molecule has 1 aromatic heterocycles. The van der Waals surface area contributed by atoms with E-state index in [9.17, 15) is 13.6 Å². The number of amides is 1. The average Bonchev–Trinajstić information content (AvgIpc) is 2.64. The molecule has 2 N–H and O–H groups in total. The van der Waals surface area contributed by atoms with Gasteiger partial charge >= 0.3 is 0 Å². The lowest BCUT2D eigenvalue weighted by Gasteiger charge is -2.23. The molecule has 150 valence electrons. The van der Waals surface area contributed by atoms with E-state index in [2.05, 4.69) is 41.4 Å². The number of nitrogens with zero attached hydrogens (tertiary/aromatic N) is 2. The van der Waals surface area contributed by atoms with Crippen molar-refractivity contribution in [3.05, 3.63) is 77.1 Å². The number of benzene rings is 2. The van der Waals surface area contributed by atoms with Crippen LogP contribution in [-0.4, -0.2) is 15.9 Å². The first-order valence-corrected chi connectivity index (χ1v) is 9.12. The van der Waals surface area contributed by atoms with E-state index in [1.54, 1.807) is 6.92 Å². The third-order valence-corrected chi connectivity index (χ3v) is 4.25. The number of para-hydroxylation sites is 1. The van der Waals surface area contributed by atoms with Gasteiger partial charge in [-0.25, -0.2) is 18.7 Å². The van der Waals surface area contributed by atoms with Crippen LogP contribution in [0.15, 0.2) is 48.5 Å². The first-order valence-electron chi connectivity index (χ1n) is 9.12. The second-order valence-electron chi connectivity index (χ2n) is 7.72. The van der Waals surface area contributed by atoms with Crippen LogP contribution < -0.4 is 10.6 Å². The summed E-state index contributed by atoms with van der Waals surface area (Å²) in [5.74, 6) is -2.29. The lowest BCUT2D eigenvalue weighted by atomic mass is 9.86. The Kier molecular flexibility index (Phi) is 5.59. The molecular formula is C22H22F2N4O. The second-order valence-corrected chi connectivity index (χ2v) is 7.72. The Bertz CT molecular complexity index is 1060. The summed E-state index contributed by atoms with van der Waals surface area (Å²) in [4.78, 5) is 21.2. The van der Waals surface area contributed by atoms with Gasteiger partial charge in [0.1, 0.15) is 5.69 Å². The van der Waals surface area contributed by atoms with Gasteiger partial charge in [-0.3, -0.25) is 4.79 Å². The normalized spacial score (nSPS) is 11.2. The minimum absolute atomic E-state index is 0.0969. The van der Waals surface area contributed by atoms with Crippen LogP contribution in [0.4, 0.5) is 26.1 Å². The zero-order valence-electron chi connectivity index (χ0n) is 16.7. The van der Waals surface area contributed by atoms with E-state index in [0.717, 1.165) is 23.4 Å². The van der Waals surface area contributed by atoms with Gasteiger partial charge in [0.15, 0.2) is 11.6 Å². The molecule has 0 aliphatic carbocycles. The van der Waals surface area contributed by atoms with Crippen molar-refractivity contribution in [3.8, 4) is 0 Å². The maximum atomic E-state index is 13.4. The number of carbonyl (C=O) groups excluding carboxylic acids is 1. The maximum Gasteiger partial charge on any atom is 0.274 e. The first kappa shape index (κ1) is 20.4. The van der Waals surface area contributed by atoms with Crippen molar-refractivity contribution in [3.63, 3.8) is 0 Å². The fourth-order valence-electron chi connectivity index (χ4n) is 2.88. The van der Waals surface area contributed by atoms with Crippen LogP contribution in [0.3, 0.4) is 0 Å². The van der Waals surface area contributed by atoms with Gasteiger partial charge in [-0.15, -0.1) is 0 Å². The van der Waals surface area contributed by atoms with E-state index in [4.69, 9.17) is 0 Å². The van der Waals surface area contributed by atoms with Crippen molar-refractivity contribution in [2.45, 2.75) is 33.1 Å². The highest BCUT2D eigenvalue weighted by molar-refractivity contribution is 6.03. The molecule has 0 aliphatic heterocycles. The highest BCUT2D eigenvalue weighted by Crippen LogP contribution is 2.30. The molecule has 0 unspecified atom stereocenters. The highest BCUT2D eigenvalue weighted by atomic mass is 19.2. The summed E-state index contributed by atoms with van der Waals surface area (Å²) in [6.45, 7) is 8.05. The van der Waals surface area contributed by atoms with E-state index in [1.807, 2.05) is 24.3 Å². The van der Waals surface area contributed by atoms with Crippen molar-refractivity contribution >= 4 is 23.2 Å². The molecule has 0 saturated carbocycles. The van der Waals surface area contributed by atoms with Crippen LogP contribution >= 0.6 is 0 Å². The molecule has 2 aromatic carbocycles. The second kappa shape index (κ2) is 7.95. The smallest absolute Gasteiger partial charge is 0.274 e. The van der Waals surface area contributed by atoms with Gasteiger partial charge in [-0.05, 0) is 42.2 Å². The predicted octanol–water partition coefficient (Wildman–Crippen LogP) is 5.36. The molecule has 3 rings (SSSR count). The number of aromatic nitrogens is 2. The summed E-state index contributed by atoms with van der Waals surface area (Å²) >= 11 is 0. The van der Waals surface area contributed by atoms with Gasteiger partial charge in [-0.2, -0.15) is 0 Å². The topological polar surface area (TPSA) is 66.9 Å². The van der Waals surface area contributed by atoms with Crippen molar-refractivity contribution in [2.24, 2.45) is 0 Å². The molecule has 1 amide bonds. The Hall–Kier alpha value is -3.35. The summed E-state index contributed by atoms with van der Waals surface area (Å²) in [5.41, 5.74) is 2.66. The van der Waals surface area contributed by atoms with Crippen LogP contribution in [0.5, 0.6) is 0 Å². The molecule has 0 spiro atoms. The van der Waals surface area contributed by atoms with Crippen molar-refractivity contribution in [1.29, 1.82) is 0 Å². The number of hydrogen-bond acceptors (Lipinski definition) is 4. The third-order valence-electron chi connectivity index (χ3n) is 4.25. The number of hydrogen-bond donors (Lipinski definition) is 2. The van der Waals surface area contributed by atoms with Crippen LogP contribution in [0.2, 0.25) is 0 Å². The van der Waals surface area contributed by atoms with Gasteiger partial charge in [0.2, 0.25) is 5.95 Å². The van der Waals surface area contributed by atoms with Crippen LogP contribution in [-0.2, 0) is 5.41 Å². The summed E-state index contributed by atoms with van der Waals surface area (Å²) in [7, 11) is 0. The number of aryl methyl sites for hydroxylation is 1. The lowest BCUT2D eigenvalue weighted by molar-refractivity contribution is 0.102. The summed E-state index contributed by atoms with van der Waals surface area (Å²) < 4.78 is 26.4. The maximum absolute atomic E-state index is 13.4. The number of halogens is 2. The molecule has 0 fully saturated rings. The van der Waals surface area contributed by atoms with E-state index < -0.39 is 17.5 Å². The number of nitrogens with one attached hydrogen (secondary N) is 2. The highest BCUT2D eigenvalue weighted by Gasteiger charge is 2.19. The molecule has 1 heterocycles. The fourth-order valence-corrected chi connectivity index (χ4v) is 2.88. The number of carbonyl (C=O) groups is 1. The molecule has 0 saturated heterocycles. The molecule has 5 nitrogen and oxygen atoms in total. The Morgan fingerprint density at radius 3 is 2.38 bits per heavy atom. The largest absolute Gasteiger partial charge is 0.324 e. The van der Waals surface area contributed by atoms with Crippen molar-refractivity contribution < 1.29 is 13.6 Å². The van der Waals surface area contributed by atoms with E-state index in [0.29, 0.717) is 5.69 Å². The zero-order chi connectivity index (χ0) is 21.2. The third kappa shape index (κ3) is 4.93. The van der Waals surface area contributed by atoms with Crippen LogP contribution in [0, 0.1) is 18.6 Å².